The summed E-state index contributed by atoms with van der Waals surface area (Å²) in [7, 11) is 0. The van der Waals surface area contributed by atoms with Crippen LogP contribution in [0.25, 0.3) is 0 Å². The zero-order valence-corrected chi connectivity index (χ0v) is 22.4. The Labute approximate surface area is 223 Å². The fraction of sp³-hybridized carbons (Fsp3) is 0.481. The van der Waals surface area contributed by atoms with Crippen molar-refractivity contribution < 1.29 is 28.9 Å². The van der Waals surface area contributed by atoms with Crippen LogP contribution < -0.4 is 4.74 Å². The largest absolute Gasteiger partial charge is 0.492 e. The van der Waals surface area contributed by atoms with E-state index in [0.29, 0.717) is 48.7 Å². The Balaban J connectivity index is 1.89. The average molecular weight is 540 g/mol. The standard InChI is InChI=1S/C27H35Cl2NO6/c1-3-5-14-36-27(33)30(12-6-7-21-16-22(28)19-23(29)17-21)13-15-35-24-10-8-20(9-11-24)18-25(26(31)32)34-4-2/h8-11,16-17,19,25H,3-7,12-15,18H2,1-2H3,(H,31,32). The first-order chi connectivity index (χ1) is 17.3. The van der Waals surface area contributed by atoms with Crippen molar-refractivity contribution in [1.82, 2.24) is 4.90 Å². The zero-order valence-electron chi connectivity index (χ0n) is 20.9. The van der Waals surface area contributed by atoms with E-state index in [1.54, 1.807) is 30.0 Å². The molecule has 2 aromatic carbocycles. The highest BCUT2D eigenvalue weighted by Gasteiger charge is 2.18. The molecule has 2 aromatic rings. The van der Waals surface area contributed by atoms with Crippen LogP contribution in [0, 0.1) is 0 Å². The lowest BCUT2D eigenvalue weighted by molar-refractivity contribution is -0.149. The van der Waals surface area contributed by atoms with E-state index in [9.17, 15) is 14.7 Å². The number of aryl methyl sites for hydroxylation is 1. The van der Waals surface area contributed by atoms with Gasteiger partial charge in [0.05, 0.1) is 13.2 Å². The molecule has 0 radical (unpaired) electrons. The molecule has 1 N–H and O–H groups in total. The maximum Gasteiger partial charge on any atom is 0.409 e. The number of aliphatic carboxylic acids is 1. The predicted molar refractivity (Wildman–Crippen MR) is 141 cm³/mol. The summed E-state index contributed by atoms with van der Waals surface area (Å²) in [6.07, 6.45) is 2.24. The number of benzene rings is 2. The highest BCUT2D eigenvalue weighted by atomic mass is 35.5. The van der Waals surface area contributed by atoms with Crippen molar-refractivity contribution in [2.45, 2.75) is 52.1 Å². The van der Waals surface area contributed by atoms with Gasteiger partial charge in [0.1, 0.15) is 12.4 Å². The smallest absolute Gasteiger partial charge is 0.409 e. The molecule has 0 bridgehead atoms. The molecule has 0 aromatic heterocycles. The third-order valence-electron chi connectivity index (χ3n) is 5.42. The maximum atomic E-state index is 12.6. The molecule has 9 heteroatoms. The van der Waals surface area contributed by atoms with Crippen molar-refractivity contribution in [3.05, 3.63) is 63.6 Å². The number of nitrogens with zero attached hydrogens (tertiary/aromatic N) is 1. The molecule has 198 valence electrons. The van der Waals surface area contributed by atoms with Gasteiger partial charge in [0.25, 0.3) is 0 Å². The van der Waals surface area contributed by atoms with Crippen LogP contribution in [-0.4, -0.2) is 61.1 Å². The van der Waals surface area contributed by atoms with E-state index in [-0.39, 0.29) is 12.5 Å². The van der Waals surface area contributed by atoms with Crippen LogP contribution in [0.5, 0.6) is 5.75 Å². The van der Waals surface area contributed by atoms with Gasteiger partial charge >= 0.3 is 12.1 Å². The molecule has 0 aliphatic rings. The summed E-state index contributed by atoms with van der Waals surface area (Å²) in [5, 5.41) is 10.4. The topological polar surface area (TPSA) is 85.3 Å². The zero-order chi connectivity index (χ0) is 26.3. The maximum absolute atomic E-state index is 12.6. The average Bonchev–Trinajstić information content (AvgIpc) is 2.83. The minimum absolute atomic E-state index is 0.276. The quantitative estimate of drug-likeness (QED) is 0.253. The van der Waals surface area contributed by atoms with Gasteiger partial charge in [-0.2, -0.15) is 0 Å². The normalized spacial score (nSPS) is 11.7. The van der Waals surface area contributed by atoms with Crippen LogP contribution in [0.3, 0.4) is 0 Å². The van der Waals surface area contributed by atoms with Crippen LogP contribution in [0.15, 0.2) is 42.5 Å². The van der Waals surface area contributed by atoms with Crippen LogP contribution in [0.4, 0.5) is 4.79 Å². The van der Waals surface area contributed by atoms with Gasteiger partial charge in [-0.25, -0.2) is 9.59 Å². The second-order valence-electron chi connectivity index (χ2n) is 8.31. The number of halogens is 2. The number of hydrogen-bond acceptors (Lipinski definition) is 5. The summed E-state index contributed by atoms with van der Waals surface area (Å²) in [4.78, 5) is 25.5. The van der Waals surface area contributed by atoms with Gasteiger partial charge in [-0.1, -0.05) is 48.7 Å². The number of unbranched alkanes of at least 4 members (excludes halogenated alkanes) is 1. The SMILES string of the molecule is CCCCOC(=O)N(CCCc1cc(Cl)cc(Cl)c1)CCOc1ccc(CC(OCC)C(=O)O)cc1. The number of hydrogen-bond donors (Lipinski definition) is 1. The molecule has 0 spiro atoms. The van der Waals surface area contributed by atoms with Gasteiger partial charge in [-0.05, 0) is 67.6 Å². The molecule has 2 rings (SSSR count). The minimum atomic E-state index is -0.985. The van der Waals surface area contributed by atoms with Crippen molar-refractivity contribution in [1.29, 1.82) is 0 Å². The lowest BCUT2D eigenvalue weighted by atomic mass is 10.1. The Kier molecular flexibility index (Phi) is 13.5. The first-order valence-corrected chi connectivity index (χ1v) is 13.0. The van der Waals surface area contributed by atoms with E-state index in [0.717, 1.165) is 36.8 Å². The van der Waals surface area contributed by atoms with E-state index < -0.39 is 12.1 Å². The summed E-state index contributed by atoms with van der Waals surface area (Å²) in [5.74, 6) is -0.351. The number of carboxylic acid groups (broad SMARTS) is 1. The molecule has 0 heterocycles. The lowest BCUT2D eigenvalue weighted by Crippen LogP contribution is -2.36. The number of carboxylic acids is 1. The molecular weight excluding hydrogens is 505 g/mol. The summed E-state index contributed by atoms with van der Waals surface area (Å²) in [6.45, 7) is 5.70. The van der Waals surface area contributed by atoms with Gasteiger partial charge in [-0.3, -0.25) is 0 Å². The van der Waals surface area contributed by atoms with E-state index in [1.165, 1.54) is 0 Å². The van der Waals surface area contributed by atoms with Gasteiger partial charge in [-0.15, -0.1) is 0 Å². The van der Waals surface area contributed by atoms with Crippen molar-refractivity contribution in [2.24, 2.45) is 0 Å². The third-order valence-corrected chi connectivity index (χ3v) is 5.85. The lowest BCUT2D eigenvalue weighted by Gasteiger charge is -2.22. The van der Waals surface area contributed by atoms with Crippen LogP contribution in [-0.2, 0) is 27.1 Å². The molecule has 0 aliphatic heterocycles. The fourth-order valence-corrected chi connectivity index (χ4v) is 4.12. The molecule has 36 heavy (non-hydrogen) atoms. The van der Waals surface area contributed by atoms with Crippen LogP contribution in [0.2, 0.25) is 10.0 Å². The Morgan fingerprint density at radius 2 is 1.64 bits per heavy atom. The summed E-state index contributed by atoms with van der Waals surface area (Å²) < 4.78 is 16.5. The molecular formula is C27H35Cl2NO6. The third kappa shape index (κ3) is 11.1. The molecule has 1 atom stereocenters. The monoisotopic (exact) mass is 539 g/mol. The first-order valence-electron chi connectivity index (χ1n) is 12.2. The minimum Gasteiger partial charge on any atom is -0.492 e. The fourth-order valence-electron chi connectivity index (χ4n) is 3.55. The summed E-state index contributed by atoms with van der Waals surface area (Å²) in [6, 6.07) is 12.6. The summed E-state index contributed by atoms with van der Waals surface area (Å²) in [5.41, 5.74) is 1.85. The van der Waals surface area contributed by atoms with Crippen LogP contribution in [0.1, 0.15) is 44.2 Å². The molecule has 0 saturated heterocycles. The number of carbonyl (C=O) groups excluding carboxylic acids is 1. The van der Waals surface area contributed by atoms with E-state index in [4.69, 9.17) is 37.4 Å². The first kappa shape index (κ1) is 29.7. The number of amides is 1. The van der Waals surface area contributed by atoms with Crippen molar-refractivity contribution in [2.75, 3.05) is 32.9 Å². The Morgan fingerprint density at radius 1 is 0.944 bits per heavy atom. The van der Waals surface area contributed by atoms with Crippen molar-refractivity contribution in [3.63, 3.8) is 0 Å². The Hall–Kier alpha value is -2.48. The second kappa shape index (κ2) is 16.3. The number of carbonyl (C=O) groups is 2. The molecule has 1 unspecified atom stereocenters. The Morgan fingerprint density at radius 3 is 2.25 bits per heavy atom. The van der Waals surface area contributed by atoms with Gasteiger partial charge in [0.2, 0.25) is 0 Å². The van der Waals surface area contributed by atoms with Crippen molar-refractivity contribution in [3.8, 4) is 5.75 Å². The van der Waals surface area contributed by atoms with Gasteiger partial charge in [0, 0.05) is 29.6 Å². The van der Waals surface area contributed by atoms with Crippen molar-refractivity contribution >= 4 is 35.3 Å². The molecule has 0 saturated carbocycles. The second-order valence-corrected chi connectivity index (χ2v) is 9.19. The molecule has 0 aliphatic carbocycles. The molecule has 0 fully saturated rings. The Bertz CT molecular complexity index is 934. The number of ether oxygens (including phenoxy) is 3. The summed E-state index contributed by atoms with van der Waals surface area (Å²) >= 11 is 12.2. The highest BCUT2D eigenvalue weighted by molar-refractivity contribution is 6.34. The van der Waals surface area contributed by atoms with Gasteiger partial charge in [0.15, 0.2) is 6.10 Å². The molecule has 1 amide bonds. The van der Waals surface area contributed by atoms with E-state index in [1.807, 2.05) is 31.2 Å². The van der Waals surface area contributed by atoms with E-state index in [2.05, 4.69) is 0 Å². The molecule has 7 nitrogen and oxygen atoms in total. The predicted octanol–water partition coefficient (Wildman–Crippen LogP) is 6.28. The highest BCUT2D eigenvalue weighted by Crippen LogP contribution is 2.20. The number of rotatable bonds is 16. The van der Waals surface area contributed by atoms with Gasteiger partial charge < -0.3 is 24.2 Å². The van der Waals surface area contributed by atoms with E-state index >= 15 is 0 Å². The van der Waals surface area contributed by atoms with Crippen LogP contribution >= 0.6 is 23.2 Å².